The fourth-order valence-corrected chi connectivity index (χ4v) is 5.22. The summed E-state index contributed by atoms with van der Waals surface area (Å²) >= 11 is 0. The maximum absolute atomic E-state index is 14.0. The number of amides is 1. The van der Waals surface area contributed by atoms with Crippen LogP contribution in [0, 0.1) is 0 Å². The third-order valence-corrected chi connectivity index (χ3v) is 6.82. The van der Waals surface area contributed by atoms with Crippen LogP contribution in [0.3, 0.4) is 0 Å². The van der Waals surface area contributed by atoms with E-state index in [2.05, 4.69) is 30.3 Å². The zero-order chi connectivity index (χ0) is 23.3. The summed E-state index contributed by atoms with van der Waals surface area (Å²) in [6, 6.07) is 33.2. The second kappa shape index (κ2) is 7.72. The van der Waals surface area contributed by atoms with E-state index >= 15 is 0 Å². The van der Waals surface area contributed by atoms with E-state index in [1.54, 1.807) is 24.1 Å². The molecule has 0 unspecified atom stereocenters. The molecule has 5 aromatic rings. The number of ether oxygens (including phenoxy) is 1. The zero-order valence-corrected chi connectivity index (χ0v) is 18.7. The van der Waals surface area contributed by atoms with Crippen LogP contribution in [0.1, 0.15) is 16.7 Å². The lowest BCUT2D eigenvalue weighted by molar-refractivity contribution is -0.132. The van der Waals surface area contributed by atoms with E-state index in [-0.39, 0.29) is 5.91 Å². The SMILES string of the molecule is COc1cccc2c1N(Cc1c3ccccc3cc3ccccc13)C(=O)[C@]2(O)c1ccccc1. The van der Waals surface area contributed by atoms with Crippen LogP contribution in [0.25, 0.3) is 21.5 Å². The number of carbonyl (C=O) groups excluding carboxylic acids is 1. The molecule has 1 aliphatic rings. The van der Waals surface area contributed by atoms with Crippen molar-refractivity contribution >= 4 is 33.1 Å². The molecule has 166 valence electrons. The number of rotatable bonds is 4. The maximum atomic E-state index is 14.0. The van der Waals surface area contributed by atoms with Gasteiger partial charge in [-0.3, -0.25) is 4.79 Å². The second-order valence-electron chi connectivity index (χ2n) is 8.62. The van der Waals surface area contributed by atoms with Crippen molar-refractivity contribution < 1.29 is 14.6 Å². The van der Waals surface area contributed by atoms with Gasteiger partial charge in [-0.05, 0) is 44.8 Å². The van der Waals surface area contributed by atoms with E-state index in [0.717, 1.165) is 27.1 Å². The number of carbonyl (C=O) groups is 1. The molecule has 1 atom stereocenters. The molecule has 0 aliphatic carbocycles. The number of benzene rings is 5. The van der Waals surface area contributed by atoms with Crippen molar-refractivity contribution in [2.45, 2.75) is 12.1 Å². The standard InChI is InChI=1S/C30H23NO3/c1-34-27-17-9-16-26-28(27)31(29(32)30(26,33)22-12-3-2-4-13-22)19-25-23-14-7-5-10-20(23)18-21-11-6-8-15-24(21)25/h2-18,33H,19H2,1H3/t30-/m0/s1. The van der Waals surface area contributed by atoms with Gasteiger partial charge in [0.25, 0.3) is 5.91 Å². The Labute approximate surface area is 197 Å². The van der Waals surface area contributed by atoms with Crippen LogP contribution in [-0.4, -0.2) is 18.1 Å². The number of hydrogen-bond donors (Lipinski definition) is 1. The average Bonchev–Trinajstić information content (AvgIpc) is 3.11. The molecule has 0 aromatic heterocycles. The molecule has 1 N–H and O–H groups in total. The van der Waals surface area contributed by atoms with E-state index in [1.165, 1.54) is 0 Å². The van der Waals surface area contributed by atoms with Crippen molar-refractivity contribution in [3.05, 3.63) is 120 Å². The molecule has 1 heterocycles. The van der Waals surface area contributed by atoms with Crippen molar-refractivity contribution in [3.8, 4) is 5.75 Å². The van der Waals surface area contributed by atoms with Crippen LogP contribution < -0.4 is 9.64 Å². The monoisotopic (exact) mass is 445 g/mol. The summed E-state index contributed by atoms with van der Waals surface area (Å²) in [6.07, 6.45) is 0. The van der Waals surface area contributed by atoms with Crippen LogP contribution in [-0.2, 0) is 16.9 Å². The summed E-state index contributed by atoms with van der Waals surface area (Å²) in [5.74, 6) is 0.178. The molecule has 4 heteroatoms. The van der Waals surface area contributed by atoms with Gasteiger partial charge < -0.3 is 14.7 Å². The molecule has 0 saturated heterocycles. The Morgan fingerprint density at radius 1 is 0.794 bits per heavy atom. The highest BCUT2D eigenvalue weighted by Crippen LogP contribution is 2.49. The first-order chi connectivity index (χ1) is 16.6. The van der Waals surface area contributed by atoms with Crippen molar-refractivity contribution in [2.75, 3.05) is 12.0 Å². The molecule has 34 heavy (non-hydrogen) atoms. The van der Waals surface area contributed by atoms with Gasteiger partial charge in [0, 0.05) is 5.56 Å². The van der Waals surface area contributed by atoms with Crippen LogP contribution >= 0.6 is 0 Å². The van der Waals surface area contributed by atoms with Crippen LogP contribution in [0.5, 0.6) is 5.75 Å². The molecular formula is C30H23NO3. The molecule has 0 fully saturated rings. The minimum absolute atomic E-state index is 0.309. The van der Waals surface area contributed by atoms with Crippen molar-refractivity contribution in [3.63, 3.8) is 0 Å². The fourth-order valence-electron chi connectivity index (χ4n) is 5.22. The predicted molar refractivity (Wildman–Crippen MR) is 135 cm³/mol. The highest BCUT2D eigenvalue weighted by molar-refractivity contribution is 6.11. The number of methoxy groups -OCH3 is 1. The summed E-state index contributed by atoms with van der Waals surface area (Å²) in [7, 11) is 1.59. The van der Waals surface area contributed by atoms with Gasteiger partial charge in [0.05, 0.1) is 19.3 Å². The quantitative estimate of drug-likeness (QED) is 0.357. The minimum atomic E-state index is -1.79. The number of aliphatic hydroxyl groups is 1. The number of nitrogens with zero attached hydrogens (tertiary/aromatic N) is 1. The van der Waals surface area contributed by atoms with Crippen LogP contribution in [0.15, 0.2) is 103 Å². The van der Waals surface area contributed by atoms with E-state index in [9.17, 15) is 9.90 Å². The normalized spacial score (nSPS) is 17.4. The Morgan fingerprint density at radius 2 is 1.41 bits per heavy atom. The van der Waals surface area contributed by atoms with Gasteiger partial charge >= 0.3 is 0 Å². The lowest BCUT2D eigenvalue weighted by atomic mass is 9.87. The Hall–Kier alpha value is -4.15. The smallest absolute Gasteiger partial charge is 0.268 e. The van der Waals surface area contributed by atoms with Crippen molar-refractivity contribution in [2.24, 2.45) is 0 Å². The van der Waals surface area contributed by atoms with Gasteiger partial charge in [-0.25, -0.2) is 0 Å². The second-order valence-corrected chi connectivity index (χ2v) is 8.62. The molecule has 6 rings (SSSR count). The molecule has 1 amide bonds. The summed E-state index contributed by atoms with van der Waals surface area (Å²) < 4.78 is 5.67. The highest BCUT2D eigenvalue weighted by atomic mass is 16.5. The van der Waals surface area contributed by atoms with Gasteiger partial charge in [0.2, 0.25) is 0 Å². The topological polar surface area (TPSA) is 49.8 Å². The minimum Gasteiger partial charge on any atom is -0.495 e. The van der Waals surface area contributed by atoms with E-state index in [0.29, 0.717) is 29.1 Å². The summed E-state index contributed by atoms with van der Waals surface area (Å²) in [5, 5.41) is 16.3. The third kappa shape index (κ3) is 2.86. The van der Waals surface area contributed by atoms with Crippen molar-refractivity contribution in [1.29, 1.82) is 0 Å². The lowest BCUT2D eigenvalue weighted by Gasteiger charge is -2.25. The Bertz CT molecular complexity index is 1510. The summed E-state index contributed by atoms with van der Waals surface area (Å²) in [6.45, 7) is 0.309. The van der Waals surface area contributed by atoms with Gasteiger partial charge in [0.15, 0.2) is 5.60 Å². The average molecular weight is 446 g/mol. The summed E-state index contributed by atoms with van der Waals surface area (Å²) in [4.78, 5) is 15.7. The highest BCUT2D eigenvalue weighted by Gasteiger charge is 2.52. The molecular weight excluding hydrogens is 422 g/mol. The molecule has 1 aliphatic heterocycles. The largest absolute Gasteiger partial charge is 0.495 e. The van der Waals surface area contributed by atoms with Gasteiger partial charge in [-0.15, -0.1) is 0 Å². The van der Waals surface area contributed by atoms with Crippen LogP contribution in [0.4, 0.5) is 5.69 Å². The maximum Gasteiger partial charge on any atom is 0.268 e. The van der Waals surface area contributed by atoms with E-state index in [1.807, 2.05) is 60.7 Å². The molecule has 0 bridgehead atoms. The number of anilines is 1. The Balaban J connectivity index is 1.60. The molecule has 0 radical (unpaired) electrons. The molecule has 5 aromatic carbocycles. The summed E-state index contributed by atoms with van der Waals surface area (Å²) in [5.41, 5.74) is 0.938. The van der Waals surface area contributed by atoms with Crippen molar-refractivity contribution in [1.82, 2.24) is 0 Å². The van der Waals surface area contributed by atoms with E-state index < -0.39 is 5.60 Å². The first-order valence-electron chi connectivity index (χ1n) is 11.3. The number of fused-ring (bicyclic) bond motifs is 3. The molecule has 4 nitrogen and oxygen atoms in total. The molecule has 0 saturated carbocycles. The van der Waals surface area contributed by atoms with Gasteiger partial charge in [0.1, 0.15) is 5.75 Å². The predicted octanol–water partition coefficient (Wildman–Crippen LogP) is 5.78. The Kier molecular flexibility index (Phi) is 4.64. The lowest BCUT2D eigenvalue weighted by Crippen LogP contribution is -2.41. The third-order valence-electron chi connectivity index (χ3n) is 6.82. The Morgan fingerprint density at radius 3 is 2.06 bits per heavy atom. The number of hydrogen-bond acceptors (Lipinski definition) is 3. The first kappa shape index (κ1) is 20.5. The molecule has 0 spiro atoms. The fraction of sp³-hybridized carbons (Fsp3) is 0.100. The zero-order valence-electron chi connectivity index (χ0n) is 18.7. The van der Waals surface area contributed by atoms with Gasteiger partial charge in [-0.1, -0.05) is 91.0 Å². The van der Waals surface area contributed by atoms with E-state index in [4.69, 9.17) is 4.74 Å². The number of para-hydroxylation sites is 1. The van der Waals surface area contributed by atoms with Crippen LogP contribution in [0.2, 0.25) is 0 Å². The first-order valence-corrected chi connectivity index (χ1v) is 11.3. The van der Waals surface area contributed by atoms with Gasteiger partial charge in [-0.2, -0.15) is 0 Å².